The summed E-state index contributed by atoms with van der Waals surface area (Å²) in [7, 11) is 0. The predicted octanol–water partition coefficient (Wildman–Crippen LogP) is 5.66. The van der Waals surface area contributed by atoms with Crippen LogP contribution in [-0.2, 0) is 9.59 Å². The average molecular weight is 507 g/mol. The molecule has 0 saturated carbocycles. The van der Waals surface area contributed by atoms with E-state index in [1.54, 1.807) is 5.01 Å². The van der Waals surface area contributed by atoms with Crippen molar-refractivity contribution in [2.24, 2.45) is 10.1 Å². The standard InChI is InChI=1S/C26H20ClFN4O2S/c27-18-8-6-16(7-9-18)21-14-22(17-4-2-1-3-5-17)32(31-21)26-30-25(34)23(35-26)15-24(33)29-20-12-10-19(28)11-13-20/h1-13,22-23H,14-15H2,(H,29,33)/t22-,23+/m1/s1. The highest BCUT2D eigenvalue weighted by molar-refractivity contribution is 8.15. The van der Waals surface area contributed by atoms with E-state index < -0.39 is 5.25 Å². The summed E-state index contributed by atoms with van der Waals surface area (Å²) in [6.07, 6.45) is 0.584. The predicted molar refractivity (Wildman–Crippen MR) is 137 cm³/mol. The molecule has 3 aromatic rings. The fourth-order valence-electron chi connectivity index (χ4n) is 3.96. The molecular formula is C26H20ClFN4O2S. The minimum atomic E-state index is -0.656. The van der Waals surface area contributed by atoms with Crippen LogP contribution in [0.25, 0.3) is 0 Å². The molecule has 0 aliphatic carbocycles. The summed E-state index contributed by atoms with van der Waals surface area (Å²) < 4.78 is 13.1. The molecule has 6 nitrogen and oxygen atoms in total. The van der Waals surface area contributed by atoms with E-state index in [9.17, 15) is 14.0 Å². The number of carbonyl (C=O) groups is 2. The van der Waals surface area contributed by atoms with E-state index in [0.717, 1.165) is 16.8 Å². The van der Waals surface area contributed by atoms with Gasteiger partial charge in [-0.15, -0.1) is 0 Å². The van der Waals surface area contributed by atoms with Gasteiger partial charge in [-0.3, -0.25) is 9.59 Å². The normalized spacial score (nSPS) is 19.5. The number of hydrogen-bond acceptors (Lipinski definition) is 5. The summed E-state index contributed by atoms with van der Waals surface area (Å²) in [6.45, 7) is 0. The summed E-state index contributed by atoms with van der Waals surface area (Å²) >= 11 is 7.28. The zero-order valence-corrected chi connectivity index (χ0v) is 20.0. The van der Waals surface area contributed by atoms with Crippen LogP contribution in [0.5, 0.6) is 0 Å². The first-order chi connectivity index (χ1) is 17.0. The molecule has 0 radical (unpaired) electrons. The van der Waals surface area contributed by atoms with Crippen molar-refractivity contribution in [3.8, 4) is 0 Å². The van der Waals surface area contributed by atoms with E-state index in [1.165, 1.54) is 36.0 Å². The number of benzene rings is 3. The van der Waals surface area contributed by atoms with Crippen LogP contribution in [0.4, 0.5) is 10.1 Å². The zero-order chi connectivity index (χ0) is 24.4. The summed E-state index contributed by atoms with van der Waals surface area (Å²) in [4.78, 5) is 29.4. The molecular weight excluding hydrogens is 487 g/mol. The number of amides is 2. The lowest BCUT2D eigenvalue weighted by molar-refractivity contribution is -0.121. The number of anilines is 1. The Balaban J connectivity index is 1.33. The molecule has 2 aliphatic heterocycles. The topological polar surface area (TPSA) is 74.1 Å². The van der Waals surface area contributed by atoms with Crippen molar-refractivity contribution in [1.82, 2.24) is 5.01 Å². The highest BCUT2D eigenvalue weighted by atomic mass is 35.5. The summed E-state index contributed by atoms with van der Waals surface area (Å²) in [5.74, 6) is -1.11. The van der Waals surface area contributed by atoms with E-state index in [0.29, 0.717) is 22.3 Å². The lowest BCUT2D eigenvalue weighted by atomic mass is 9.99. The Morgan fingerprint density at radius 1 is 1.06 bits per heavy atom. The molecule has 0 aromatic heterocycles. The molecule has 1 N–H and O–H groups in total. The smallest absolute Gasteiger partial charge is 0.262 e. The number of hydrogen-bond donors (Lipinski definition) is 1. The molecule has 0 spiro atoms. The largest absolute Gasteiger partial charge is 0.326 e. The first-order valence-electron chi connectivity index (χ1n) is 11.0. The summed E-state index contributed by atoms with van der Waals surface area (Å²) in [5, 5.41) is 9.75. The minimum Gasteiger partial charge on any atom is -0.326 e. The first kappa shape index (κ1) is 23.3. The lowest BCUT2D eigenvalue weighted by Crippen LogP contribution is -2.25. The Morgan fingerprint density at radius 3 is 2.49 bits per heavy atom. The van der Waals surface area contributed by atoms with Gasteiger partial charge in [0.25, 0.3) is 5.91 Å². The van der Waals surface area contributed by atoms with Crippen LogP contribution in [0, 0.1) is 5.82 Å². The molecule has 2 amide bonds. The van der Waals surface area contributed by atoms with Crippen molar-refractivity contribution >= 4 is 51.7 Å². The Kier molecular flexibility index (Phi) is 6.66. The molecule has 9 heteroatoms. The number of thioether (sulfide) groups is 1. The monoisotopic (exact) mass is 506 g/mol. The van der Waals surface area contributed by atoms with E-state index in [1.807, 2.05) is 54.6 Å². The molecule has 0 unspecified atom stereocenters. The second-order valence-electron chi connectivity index (χ2n) is 8.13. The zero-order valence-electron chi connectivity index (χ0n) is 18.4. The van der Waals surface area contributed by atoms with Crippen molar-refractivity contribution in [3.63, 3.8) is 0 Å². The van der Waals surface area contributed by atoms with Gasteiger partial charge in [-0.2, -0.15) is 10.1 Å². The number of halogens is 2. The second kappa shape index (κ2) is 10.0. The fourth-order valence-corrected chi connectivity index (χ4v) is 5.14. The Morgan fingerprint density at radius 2 is 1.77 bits per heavy atom. The van der Waals surface area contributed by atoms with Gasteiger partial charge >= 0.3 is 0 Å². The van der Waals surface area contributed by atoms with Gasteiger partial charge in [-0.1, -0.05) is 65.8 Å². The van der Waals surface area contributed by atoms with E-state index in [4.69, 9.17) is 16.7 Å². The van der Waals surface area contributed by atoms with Crippen molar-refractivity contribution in [2.45, 2.75) is 24.1 Å². The third-order valence-corrected chi connectivity index (χ3v) is 7.09. The molecule has 2 heterocycles. The van der Waals surface area contributed by atoms with Gasteiger partial charge in [0.2, 0.25) is 5.91 Å². The van der Waals surface area contributed by atoms with Crippen molar-refractivity contribution in [3.05, 3.63) is 101 Å². The quantitative estimate of drug-likeness (QED) is 0.484. The Hall–Kier alpha value is -3.49. The molecule has 0 fully saturated rings. The van der Waals surface area contributed by atoms with Crippen molar-refractivity contribution < 1.29 is 14.0 Å². The number of carbonyl (C=O) groups excluding carboxylic acids is 2. The summed E-state index contributed by atoms with van der Waals surface area (Å²) in [5.41, 5.74) is 3.33. The van der Waals surface area contributed by atoms with E-state index in [2.05, 4.69) is 10.3 Å². The highest BCUT2D eigenvalue weighted by Gasteiger charge is 2.39. The molecule has 35 heavy (non-hydrogen) atoms. The van der Waals surface area contributed by atoms with Crippen LogP contribution in [0.15, 0.2) is 89.0 Å². The van der Waals surface area contributed by atoms with Crippen LogP contribution in [0.1, 0.15) is 30.0 Å². The SMILES string of the molecule is O=C(C[C@@H]1SC(N2N=C(c3ccc(Cl)cc3)C[C@@H]2c2ccccc2)=NC1=O)Nc1ccc(F)cc1. The van der Waals surface area contributed by atoms with Gasteiger partial charge in [0.05, 0.1) is 11.8 Å². The third-order valence-electron chi connectivity index (χ3n) is 5.70. The van der Waals surface area contributed by atoms with Gasteiger partial charge in [-0.25, -0.2) is 9.40 Å². The average Bonchev–Trinajstić information content (AvgIpc) is 3.46. The number of nitrogens with zero attached hydrogens (tertiary/aromatic N) is 3. The van der Waals surface area contributed by atoms with E-state index >= 15 is 0 Å². The molecule has 3 aromatic carbocycles. The van der Waals surface area contributed by atoms with Gasteiger partial charge in [0.15, 0.2) is 5.17 Å². The third kappa shape index (κ3) is 5.28. The first-order valence-corrected chi connectivity index (χ1v) is 12.2. The molecule has 0 saturated heterocycles. The second-order valence-corrected chi connectivity index (χ2v) is 9.73. The highest BCUT2D eigenvalue weighted by Crippen LogP contribution is 2.38. The molecule has 2 atom stereocenters. The molecule has 2 aliphatic rings. The maximum Gasteiger partial charge on any atom is 0.262 e. The number of aliphatic imine (C=N–C) groups is 1. The summed E-state index contributed by atoms with van der Waals surface area (Å²) in [6, 6.07) is 22.7. The number of hydrazone groups is 1. The van der Waals surface area contributed by atoms with Crippen LogP contribution in [-0.4, -0.2) is 33.0 Å². The van der Waals surface area contributed by atoms with Crippen LogP contribution in [0.3, 0.4) is 0 Å². The Labute approximate surface area is 210 Å². The number of rotatable bonds is 5. The molecule has 5 rings (SSSR count). The van der Waals surface area contributed by atoms with Crippen LogP contribution < -0.4 is 5.32 Å². The lowest BCUT2D eigenvalue weighted by Gasteiger charge is -2.23. The van der Waals surface area contributed by atoms with Gasteiger partial charge in [-0.05, 0) is 47.5 Å². The van der Waals surface area contributed by atoms with Gasteiger partial charge < -0.3 is 5.32 Å². The maximum atomic E-state index is 13.1. The van der Waals surface area contributed by atoms with Crippen molar-refractivity contribution in [1.29, 1.82) is 0 Å². The molecule has 0 bridgehead atoms. The van der Waals surface area contributed by atoms with Gasteiger partial charge in [0.1, 0.15) is 11.1 Å². The van der Waals surface area contributed by atoms with Gasteiger partial charge in [0, 0.05) is 23.6 Å². The van der Waals surface area contributed by atoms with E-state index in [-0.39, 0.29) is 30.1 Å². The maximum absolute atomic E-state index is 13.1. The minimum absolute atomic E-state index is 0.0501. The number of nitrogens with one attached hydrogen (secondary N) is 1. The van der Waals surface area contributed by atoms with Crippen molar-refractivity contribution in [2.75, 3.05) is 5.32 Å². The molecule has 176 valence electrons. The van der Waals surface area contributed by atoms with Crippen LogP contribution in [0.2, 0.25) is 5.02 Å². The Bertz CT molecular complexity index is 1310. The van der Waals surface area contributed by atoms with Crippen LogP contribution >= 0.6 is 23.4 Å². The fraction of sp³-hybridized carbons (Fsp3) is 0.154. The number of amidine groups is 1.